The van der Waals surface area contributed by atoms with Gasteiger partial charge < -0.3 is 49.0 Å². The van der Waals surface area contributed by atoms with E-state index in [-0.39, 0.29) is 30.8 Å². The third-order valence-electron chi connectivity index (χ3n) is 31.7. The quantitative estimate of drug-likeness (QED) is 0.147. The van der Waals surface area contributed by atoms with Gasteiger partial charge in [0, 0.05) is 130 Å². The summed E-state index contributed by atoms with van der Waals surface area (Å²) in [6, 6.07) is 103. The van der Waals surface area contributed by atoms with E-state index in [1.807, 2.05) is 30.6 Å². The number of para-hydroxylation sites is 14. The molecular formula is C122H108N24. The second-order valence-corrected chi connectivity index (χ2v) is 39.8. The van der Waals surface area contributed by atoms with E-state index in [1.165, 1.54) is 169 Å². The van der Waals surface area contributed by atoms with Crippen molar-refractivity contribution in [3.8, 4) is 28.4 Å². The van der Waals surface area contributed by atoms with Crippen LogP contribution in [0.3, 0.4) is 0 Å². The van der Waals surface area contributed by atoms with Crippen molar-refractivity contribution in [2.75, 3.05) is 70.1 Å². The highest BCUT2D eigenvalue weighted by Crippen LogP contribution is 2.56. The van der Waals surface area contributed by atoms with Gasteiger partial charge >= 0.3 is 0 Å². The lowest BCUT2D eigenvalue weighted by Gasteiger charge is -2.32. The molecule has 0 saturated heterocycles. The molecule has 716 valence electrons. The molecule has 0 amide bonds. The number of aryl methyl sites for hydroxylation is 5. The van der Waals surface area contributed by atoms with E-state index in [1.54, 1.807) is 12.4 Å². The van der Waals surface area contributed by atoms with Crippen LogP contribution in [0.5, 0.6) is 0 Å². The Labute approximate surface area is 847 Å². The largest absolute Gasteiger partial charge is 0.351 e. The minimum atomic E-state index is 0.146. The van der Waals surface area contributed by atoms with Gasteiger partial charge in [-0.2, -0.15) is 0 Å². The molecular weight excluding hydrogens is 1800 g/mol. The first-order valence-electron chi connectivity index (χ1n) is 50.7. The molecule has 0 spiro atoms. The first-order chi connectivity index (χ1) is 71.4. The summed E-state index contributed by atoms with van der Waals surface area (Å²) in [5, 5.41) is 0. The first kappa shape index (κ1) is 87.4. The summed E-state index contributed by atoms with van der Waals surface area (Å²) in [7, 11) is 6.34. The van der Waals surface area contributed by atoms with Gasteiger partial charge in [-0.05, 0) is 249 Å². The van der Waals surface area contributed by atoms with E-state index in [0.717, 1.165) is 118 Å². The van der Waals surface area contributed by atoms with Crippen LogP contribution in [-0.4, -0.2) is 120 Å². The van der Waals surface area contributed by atoms with Crippen LogP contribution < -0.4 is 49.0 Å². The van der Waals surface area contributed by atoms with Crippen LogP contribution >= 0.6 is 0 Å². The average Bonchev–Trinajstić information content (AvgIpc) is 1.54. The standard InChI is InChI=1S/C29H24N4.C25H22N4.2C23H21N5.C22H20N6/c1-19-16-17-24-22(18-28-30-23-12-6-7-13-25(23)33(24)28)29(19)32-20(2)31(21-10-4-3-5-11-21)26-14-8-9-15-27(26)32;1-17-12-13-22-20(16-24-26-21-10-6-7-11-23(21)29(22)24)25(17)28-15-14-27(18(28)2)19-8-4-3-5-9-19;1-14-10-11-18-16(13-21-25-17-7-4-5-8-19(17)28(18)21)22(14)27-15(2)26(3)23-20(27)9-6-12-24-23;1-14-10-11-18-16(13-21-25-17-7-4-5-8-19(17)28(18)21)22(14)27-15(2)26(3)20-9-6-12-24-23(20)27;1-13-8-9-17-15(12-19-25-16-6-4-5-7-18(16)28(17)19)20(13)27-14(2)26(3)21-22(27)24-11-10-23-21/h3-17,20H,18H2,1-2H3;3-15,18H,16H2,1-2H3;2*4-12,15H,13H2,1-3H3;4-11,14H,12H2,1-3H3/t20-;18-;2*15-;14-/m00000/s1. The summed E-state index contributed by atoms with van der Waals surface area (Å²) < 4.78 is 11.6. The van der Waals surface area contributed by atoms with E-state index in [9.17, 15) is 0 Å². The summed E-state index contributed by atoms with van der Waals surface area (Å²) >= 11 is 0. The molecule has 24 heteroatoms. The highest BCUT2D eigenvalue weighted by molar-refractivity contribution is 5.96. The summed E-state index contributed by atoms with van der Waals surface area (Å²) in [5.74, 6) is 9.50. The van der Waals surface area contributed by atoms with Crippen molar-refractivity contribution in [2.45, 2.75) is 132 Å². The second-order valence-electron chi connectivity index (χ2n) is 39.8. The third kappa shape index (κ3) is 13.2. The maximum absolute atomic E-state index is 4.97. The Bertz CT molecular complexity index is 8480. The predicted octanol–water partition coefficient (Wildman–Crippen LogP) is 25.4. The molecule has 31 rings (SSSR count). The van der Waals surface area contributed by atoms with Gasteiger partial charge in [0.15, 0.2) is 23.3 Å². The SMILES string of the molecule is Cc1ccc2c(c1N1C=CN(c3ccccc3)[C@@H]1C)Cc1nc3ccccc3n1-2.Cc1ccc2c(c1N1c3ccccc3N(c3ccccc3)[C@@H]1C)Cc1nc3ccccc3n1-2.Cc1ccc2c(c1N1c3cccnc3N(C)[C@@H]1C)Cc1nc3ccccc3n1-2.Cc1ccc2c(c1N1c3ncccc3N(C)[C@@H]1C)Cc1nc3ccccc3n1-2.Cc1ccc2c(c1N1c3nccnc3N(C)[C@@H]1C)Cc1nc3ccccc3n1-2. The van der Waals surface area contributed by atoms with Crippen LogP contribution in [0.1, 0.15) is 119 Å². The van der Waals surface area contributed by atoms with Crippen LogP contribution in [0, 0.1) is 34.6 Å². The zero-order chi connectivity index (χ0) is 98.6. The minimum Gasteiger partial charge on any atom is -0.351 e. The van der Waals surface area contributed by atoms with Crippen LogP contribution in [0.15, 0.2) is 328 Å². The number of imidazole rings is 5. The molecule has 18 heterocycles. The van der Waals surface area contributed by atoms with Gasteiger partial charge in [0.2, 0.25) is 0 Å². The van der Waals surface area contributed by atoms with Crippen LogP contribution in [0.25, 0.3) is 83.6 Å². The molecule has 0 unspecified atom stereocenters. The molecule has 146 heavy (non-hydrogen) atoms. The number of benzene rings is 13. The number of pyridine rings is 2. The Balaban J connectivity index is 0.0000000906. The monoisotopic (exact) mass is 1910 g/mol. The Morgan fingerprint density at radius 2 is 0.507 bits per heavy atom. The van der Waals surface area contributed by atoms with Crippen molar-refractivity contribution in [3.63, 3.8) is 0 Å². The van der Waals surface area contributed by atoms with Gasteiger partial charge in [-0.25, -0.2) is 44.9 Å². The van der Waals surface area contributed by atoms with E-state index < -0.39 is 0 Å². The molecule has 10 aliphatic rings. The number of rotatable bonds is 7. The lowest BCUT2D eigenvalue weighted by atomic mass is 10.0. The third-order valence-corrected chi connectivity index (χ3v) is 31.7. The number of aromatic nitrogens is 14. The lowest BCUT2D eigenvalue weighted by Crippen LogP contribution is -2.36. The predicted molar refractivity (Wildman–Crippen MR) is 590 cm³/mol. The fourth-order valence-electron chi connectivity index (χ4n) is 24.7. The molecule has 21 aromatic rings. The van der Waals surface area contributed by atoms with Gasteiger partial charge in [-0.3, -0.25) is 22.8 Å². The van der Waals surface area contributed by atoms with Gasteiger partial charge in [0.25, 0.3) is 0 Å². The Kier molecular flexibility index (Phi) is 20.2. The molecule has 24 nitrogen and oxygen atoms in total. The zero-order valence-corrected chi connectivity index (χ0v) is 83.8. The van der Waals surface area contributed by atoms with Gasteiger partial charge in [-0.15, -0.1) is 0 Å². The fourth-order valence-corrected chi connectivity index (χ4v) is 24.7. The second kappa shape index (κ2) is 33.8. The Morgan fingerprint density at radius 1 is 0.212 bits per heavy atom. The van der Waals surface area contributed by atoms with Crippen molar-refractivity contribution in [3.05, 3.63) is 413 Å². The molecule has 0 N–H and O–H groups in total. The first-order valence-corrected chi connectivity index (χ1v) is 50.7. The molecule has 0 radical (unpaired) electrons. The molecule has 10 aliphatic heterocycles. The topological polar surface area (TPSA) is 173 Å². The number of hydrogen-bond donors (Lipinski definition) is 0. The fraction of sp³-hybridized carbons (Fsp3) is 0.189. The summed E-state index contributed by atoms with van der Waals surface area (Å²) in [4.78, 5) is 66.7. The van der Waals surface area contributed by atoms with Crippen molar-refractivity contribution >= 4 is 141 Å². The molecule has 0 fully saturated rings. The number of nitrogens with zero attached hydrogens (tertiary/aromatic N) is 24. The molecule has 0 bridgehead atoms. The minimum absolute atomic E-state index is 0.146. The van der Waals surface area contributed by atoms with Crippen LogP contribution in [0.2, 0.25) is 0 Å². The van der Waals surface area contributed by atoms with Crippen molar-refractivity contribution in [1.29, 1.82) is 0 Å². The van der Waals surface area contributed by atoms with E-state index >= 15 is 0 Å². The smallest absolute Gasteiger partial charge is 0.178 e. The maximum Gasteiger partial charge on any atom is 0.178 e. The van der Waals surface area contributed by atoms with Gasteiger partial charge in [-0.1, -0.05) is 140 Å². The maximum atomic E-state index is 4.97. The van der Waals surface area contributed by atoms with Crippen molar-refractivity contribution in [1.82, 2.24) is 67.7 Å². The van der Waals surface area contributed by atoms with Crippen LogP contribution in [-0.2, 0) is 32.1 Å². The van der Waals surface area contributed by atoms with Gasteiger partial charge in [0.1, 0.15) is 60.0 Å². The van der Waals surface area contributed by atoms with Gasteiger partial charge in [0.05, 0.1) is 135 Å². The molecule has 0 aliphatic carbocycles. The van der Waals surface area contributed by atoms with E-state index in [2.05, 4.69) is 463 Å². The molecule has 8 aromatic heterocycles. The van der Waals surface area contributed by atoms with Crippen molar-refractivity contribution < 1.29 is 0 Å². The summed E-state index contributed by atoms with van der Waals surface area (Å²) in [6.07, 6.45) is 16.8. The summed E-state index contributed by atoms with van der Waals surface area (Å²) in [6.45, 7) is 22.3. The number of hydrogen-bond acceptors (Lipinski definition) is 19. The van der Waals surface area contributed by atoms with Crippen LogP contribution in [0.4, 0.5) is 85.8 Å². The Hall–Kier alpha value is -17.7. The zero-order valence-electron chi connectivity index (χ0n) is 83.8. The Morgan fingerprint density at radius 3 is 0.932 bits per heavy atom. The summed E-state index contributed by atoms with van der Waals surface area (Å²) in [5.41, 5.74) is 44.2. The number of anilines is 15. The highest BCUT2D eigenvalue weighted by atomic mass is 15.5. The number of fused-ring (bicyclic) bond motifs is 29. The van der Waals surface area contributed by atoms with E-state index in [0.29, 0.717) is 0 Å². The normalized spacial score (nSPS) is 17.0. The van der Waals surface area contributed by atoms with E-state index in [4.69, 9.17) is 29.9 Å². The lowest BCUT2D eigenvalue weighted by molar-refractivity contribution is 0.724. The highest BCUT2D eigenvalue weighted by Gasteiger charge is 2.45. The van der Waals surface area contributed by atoms with Crippen molar-refractivity contribution in [2.24, 2.45) is 0 Å². The average molecular weight is 1910 g/mol. The molecule has 5 atom stereocenters. The molecule has 0 saturated carbocycles. The molecule has 13 aromatic carbocycles.